The average molecular weight is 406 g/mol. The molecule has 0 atom stereocenters. The molecule has 2 heterocycles. The van der Waals surface area contributed by atoms with Crippen LogP contribution in [0.15, 0.2) is 106 Å². The second-order valence-corrected chi connectivity index (χ2v) is 7.24. The first kappa shape index (κ1) is 18.7. The highest BCUT2D eigenvalue weighted by Crippen LogP contribution is 2.33. The fourth-order valence-corrected chi connectivity index (χ4v) is 3.71. The number of nitrogens with zero attached hydrogens (tertiary/aromatic N) is 3. The van der Waals surface area contributed by atoms with Crippen LogP contribution in [0.3, 0.4) is 0 Å². The highest BCUT2D eigenvalue weighted by molar-refractivity contribution is 6.05. The number of para-hydroxylation sites is 2. The molecule has 0 bridgehead atoms. The van der Waals surface area contributed by atoms with E-state index in [0.717, 1.165) is 16.4 Å². The molecule has 1 N–H and O–H groups in total. The Hall–Kier alpha value is -4.32. The van der Waals surface area contributed by atoms with Crippen LogP contribution in [0.5, 0.6) is 0 Å². The number of azo groups is 1. The number of fused-ring (bicyclic) bond motifs is 4. The van der Waals surface area contributed by atoms with Gasteiger partial charge in [0.15, 0.2) is 5.78 Å². The van der Waals surface area contributed by atoms with Crippen molar-refractivity contribution in [1.82, 2.24) is 9.38 Å². The van der Waals surface area contributed by atoms with Gasteiger partial charge in [0.2, 0.25) is 0 Å². The van der Waals surface area contributed by atoms with Crippen molar-refractivity contribution in [2.45, 2.75) is 6.92 Å². The Morgan fingerprint density at radius 1 is 0.903 bits per heavy atom. The molecule has 0 aliphatic heterocycles. The molecular formula is C25H18N4O2. The number of H-pyrrole nitrogens is 1. The largest absolute Gasteiger partial charge is 0.339 e. The van der Waals surface area contributed by atoms with E-state index in [2.05, 4.69) is 15.2 Å². The van der Waals surface area contributed by atoms with Crippen molar-refractivity contribution < 1.29 is 4.79 Å². The van der Waals surface area contributed by atoms with Crippen LogP contribution in [-0.2, 0) is 0 Å². The third-order valence-electron chi connectivity index (χ3n) is 5.17. The Morgan fingerprint density at radius 3 is 2.39 bits per heavy atom. The lowest BCUT2D eigenvalue weighted by Crippen LogP contribution is -2.13. The van der Waals surface area contributed by atoms with Crippen molar-refractivity contribution >= 4 is 38.9 Å². The molecular weight excluding hydrogens is 388 g/mol. The van der Waals surface area contributed by atoms with Crippen LogP contribution in [0.25, 0.3) is 27.5 Å². The smallest absolute Gasteiger partial charge is 0.266 e. The van der Waals surface area contributed by atoms with Gasteiger partial charge in [0.05, 0.1) is 22.1 Å². The molecule has 3 aromatic carbocycles. The summed E-state index contributed by atoms with van der Waals surface area (Å²) < 4.78 is 1.63. The maximum atomic E-state index is 13.2. The van der Waals surface area contributed by atoms with Crippen molar-refractivity contribution in [3.8, 4) is 0 Å². The number of rotatable bonds is 4. The molecule has 0 amide bonds. The van der Waals surface area contributed by atoms with Crippen LogP contribution in [0.2, 0.25) is 0 Å². The van der Waals surface area contributed by atoms with E-state index >= 15 is 0 Å². The summed E-state index contributed by atoms with van der Waals surface area (Å²) in [6.07, 6.45) is 1.46. The predicted molar refractivity (Wildman–Crippen MR) is 122 cm³/mol. The topological polar surface area (TPSA) is 79.1 Å². The van der Waals surface area contributed by atoms with E-state index in [0.29, 0.717) is 28.0 Å². The average Bonchev–Trinajstić information content (AvgIpc) is 3.12. The van der Waals surface area contributed by atoms with Gasteiger partial charge in [-0.3, -0.25) is 14.0 Å². The van der Waals surface area contributed by atoms with E-state index in [1.54, 1.807) is 29.5 Å². The van der Waals surface area contributed by atoms with Gasteiger partial charge in [0.25, 0.3) is 5.56 Å². The summed E-state index contributed by atoms with van der Waals surface area (Å²) in [6.45, 7) is 1.73. The van der Waals surface area contributed by atoms with Crippen molar-refractivity contribution in [2.75, 3.05) is 0 Å². The Bertz CT molecular complexity index is 1570. The normalized spacial score (nSPS) is 12.4. The van der Waals surface area contributed by atoms with E-state index < -0.39 is 0 Å². The van der Waals surface area contributed by atoms with E-state index in [4.69, 9.17) is 0 Å². The zero-order valence-corrected chi connectivity index (χ0v) is 16.7. The number of allylic oxidation sites excluding steroid dienone is 2. The van der Waals surface area contributed by atoms with Gasteiger partial charge in [-0.15, -0.1) is 5.11 Å². The van der Waals surface area contributed by atoms with Crippen molar-refractivity contribution in [3.05, 3.63) is 107 Å². The number of aromatic amines is 1. The van der Waals surface area contributed by atoms with Gasteiger partial charge in [-0.1, -0.05) is 60.7 Å². The minimum atomic E-state index is -0.136. The summed E-state index contributed by atoms with van der Waals surface area (Å²) in [7, 11) is 0. The van der Waals surface area contributed by atoms with Gasteiger partial charge in [-0.25, -0.2) is 0 Å². The van der Waals surface area contributed by atoms with E-state index in [1.165, 1.54) is 6.08 Å². The van der Waals surface area contributed by atoms with Gasteiger partial charge in [-0.05, 0) is 25.1 Å². The number of benzene rings is 3. The zero-order chi connectivity index (χ0) is 21.4. The molecule has 150 valence electrons. The maximum absolute atomic E-state index is 13.2. The van der Waals surface area contributed by atoms with Crippen LogP contribution < -0.4 is 5.56 Å². The Kier molecular flexibility index (Phi) is 4.52. The van der Waals surface area contributed by atoms with Gasteiger partial charge in [-0.2, -0.15) is 5.11 Å². The third-order valence-corrected chi connectivity index (χ3v) is 5.17. The van der Waals surface area contributed by atoms with Crippen molar-refractivity contribution in [3.63, 3.8) is 0 Å². The Morgan fingerprint density at radius 2 is 1.58 bits per heavy atom. The lowest BCUT2D eigenvalue weighted by Gasteiger charge is -2.01. The molecule has 0 aliphatic rings. The molecule has 0 unspecified atom stereocenters. The number of hydrogen-bond acceptors (Lipinski definition) is 4. The molecule has 5 rings (SSSR count). The van der Waals surface area contributed by atoms with Crippen LogP contribution in [0.1, 0.15) is 17.3 Å². The first-order valence-electron chi connectivity index (χ1n) is 9.87. The summed E-state index contributed by atoms with van der Waals surface area (Å²) in [4.78, 5) is 28.9. The molecule has 2 aromatic heterocycles. The van der Waals surface area contributed by atoms with Crippen LogP contribution in [0.4, 0.5) is 5.69 Å². The molecule has 0 saturated heterocycles. The maximum Gasteiger partial charge on any atom is 0.266 e. The summed E-state index contributed by atoms with van der Waals surface area (Å²) in [5.74, 6) is -0.136. The Labute approximate surface area is 177 Å². The highest BCUT2D eigenvalue weighted by atomic mass is 16.1. The number of carbonyl (C=O) groups excluding carboxylic acids is 1. The quantitative estimate of drug-likeness (QED) is 0.232. The molecule has 6 nitrogen and oxygen atoms in total. The molecule has 6 heteroatoms. The van der Waals surface area contributed by atoms with Crippen LogP contribution >= 0.6 is 0 Å². The molecule has 5 aromatic rings. The molecule has 0 aliphatic carbocycles. The summed E-state index contributed by atoms with van der Waals surface area (Å²) in [5.41, 5.74) is 3.54. The minimum absolute atomic E-state index is 0.117. The monoisotopic (exact) mass is 406 g/mol. The molecule has 0 saturated carbocycles. The first-order valence-corrected chi connectivity index (χ1v) is 9.87. The number of hydrogen-bond donors (Lipinski definition) is 1. The van der Waals surface area contributed by atoms with Gasteiger partial charge in [0.1, 0.15) is 11.3 Å². The summed E-state index contributed by atoms with van der Waals surface area (Å²) in [5, 5.41) is 10.1. The summed E-state index contributed by atoms with van der Waals surface area (Å²) in [6, 6.07) is 24.0. The molecule has 31 heavy (non-hydrogen) atoms. The number of carbonyl (C=O) groups is 1. The van der Waals surface area contributed by atoms with E-state index in [9.17, 15) is 9.59 Å². The lowest BCUT2D eigenvalue weighted by molar-refractivity contribution is 0.104. The molecule has 0 fully saturated rings. The van der Waals surface area contributed by atoms with Gasteiger partial charge in [0, 0.05) is 17.0 Å². The lowest BCUT2D eigenvalue weighted by atomic mass is 10.1. The second-order valence-electron chi connectivity index (χ2n) is 7.24. The molecule has 0 radical (unpaired) electrons. The van der Waals surface area contributed by atoms with Gasteiger partial charge < -0.3 is 4.98 Å². The third kappa shape index (κ3) is 3.24. The predicted octanol–water partition coefficient (Wildman–Crippen LogP) is 5.80. The zero-order valence-electron chi connectivity index (χ0n) is 16.7. The number of aromatic nitrogens is 2. The van der Waals surface area contributed by atoms with Gasteiger partial charge >= 0.3 is 0 Å². The van der Waals surface area contributed by atoms with Crippen molar-refractivity contribution in [1.29, 1.82) is 0 Å². The number of nitrogens with one attached hydrogen (secondary N) is 1. The highest BCUT2D eigenvalue weighted by Gasteiger charge is 2.16. The van der Waals surface area contributed by atoms with E-state index in [-0.39, 0.29) is 11.3 Å². The fraction of sp³-hybridized carbons (Fsp3) is 0.0400. The van der Waals surface area contributed by atoms with Crippen LogP contribution in [0, 0.1) is 0 Å². The summed E-state index contributed by atoms with van der Waals surface area (Å²) >= 11 is 0. The first-order chi connectivity index (χ1) is 15.1. The Balaban J connectivity index is 1.66. The van der Waals surface area contributed by atoms with E-state index in [1.807, 2.05) is 60.7 Å². The molecule has 0 spiro atoms. The number of ketones is 1. The van der Waals surface area contributed by atoms with Crippen LogP contribution in [-0.4, -0.2) is 15.2 Å². The minimum Gasteiger partial charge on any atom is -0.339 e. The second kappa shape index (κ2) is 7.50. The standard InChI is InChI=1S/C25H18N4O2/c1-16(15-22(30)17-9-3-2-4-10-17)27-28-23-19-12-6-8-14-21(19)29-24(23)26-20-13-7-5-11-18(20)25(29)31/h2-15,26H,1H3/b16-15-,28-27?. The fourth-order valence-electron chi connectivity index (χ4n) is 3.71. The van der Waals surface area contributed by atoms with Crippen molar-refractivity contribution in [2.24, 2.45) is 10.2 Å². The SMILES string of the molecule is C/C(=C/C(=O)c1ccccc1)N=Nc1c2ccccc2n2c(=O)c3ccccc3[nH]c12.